The molecule has 406 valence electrons. The lowest BCUT2D eigenvalue weighted by atomic mass is 9.88. The van der Waals surface area contributed by atoms with Crippen LogP contribution in [0.3, 0.4) is 0 Å². The molecule has 0 aliphatic rings. The molecule has 0 fully saturated rings. The zero-order valence-electron chi connectivity index (χ0n) is 44.8. The number of hydrogen-bond acceptors (Lipinski definition) is 5. The van der Waals surface area contributed by atoms with E-state index < -0.39 is 29.0 Å². The first kappa shape index (κ1) is 53.4. The maximum absolute atomic E-state index is 15.6. The predicted octanol–water partition coefficient (Wildman–Crippen LogP) is 19.3. The molecule has 7 nitrogen and oxygen atoms in total. The van der Waals surface area contributed by atoms with Crippen molar-refractivity contribution in [3.8, 4) is 108 Å². The first-order valence-corrected chi connectivity index (χ1v) is 26.8. The van der Waals surface area contributed by atoms with Crippen molar-refractivity contribution in [3.63, 3.8) is 0 Å². The number of alkyl halides is 6. The zero-order chi connectivity index (χ0) is 59.6. The molecule has 86 heavy (non-hydrogen) atoms. The van der Waals surface area contributed by atoms with Gasteiger partial charge in [0.1, 0.15) is 0 Å². The van der Waals surface area contributed by atoms with E-state index in [4.69, 9.17) is 0 Å². The molecule has 0 bridgehead atoms. The van der Waals surface area contributed by atoms with Crippen molar-refractivity contribution >= 4 is 43.6 Å². The minimum atomic E-state index is -5.27. The van der Waals surface area contributed by atoms with E-state index in [-0.39, 0.29) is 28.3 Å². The van der Waals surface area contributed by atoms with Crippen molar-refractivity contribution in [2.75, 3.05) is 0 Å². The van der Waals surface area contributed by atoms with E-state index >= 15 is 13.2 Å². The summed E-state index contributed by atoms with van der Waals surface area (Å²) in [5, 5.41) is 53.1. The van der Waals surface area contributed by atoms with E-state index in [0.717, 1.165) is 72.1 Å². The molecular weight excluding hydrogens is 1090 g/mol. The van der Waals surface area contributed by atoms with Crippen LogP contribution >= 0.6 is 0 Å². The number of nitriles is 5. The Kier molecular flexibility index (Phi) is 12.9. The summed E-state index contributed by atoms with van der Waals surface area (Å²) in [6, 6.07) is 74.3. The average Bonchev–Trinajstić information content (AvgIpc) is 1.64. The number of halogens is 6. The normalized spacial score (nSPS) is 11.5. The van der Waals surface area contributed by atoms with Crippen molar-refractivity contribution in [1.82, 2.24) is 9.13 Å². The molecule has 0 N–H and O–H groups in total. The monoisotopic (exact) mass is 1130 g/mol. The van der Waals surface area contributed by atoms with Crippen LogP contribution in [0.25, 0.3) is 122 Å². The Hall–Kier alpha value is -12.0. The van der Waals surface area contributed by atoms with Gasteiger partial charge < -0.3 is 9.13 Å². The third kappa shape index (κ3) is 9.37. The quantitative estimate of drug-likeness (QED) is 0.140. The largest absolute Gasteiger partial charge is 0.417 e. The highest BCUT2D eigenvalue weighted by molar-refractivity contribution is 6.14. The van der Waals surface area contributed by atoms with E-state index in [2.05, 4.69) is 30.3 Å². The Morgan fingerprint density at radius 1 is 0.279 bits per heavy atom. The lowest BCUT2D eigenvalue weighted by Gasteiger charge is -2.22. The first-order chi connectivity index (χ1) is 41.6. The third-order valence-corrected chi connectivity index (χ3v) is 15.7. The van der Waals surface area contributed by atoms with Crippen molar-refractivity contribution < 1.29 is 26.3 Å². The molecule has 0 saturated heterocycles. The lowest BCUT2D eigenvalue weighted by molar-refractivity contribution is -0.142. The molecule has 0 atom stereocenters. The molecule has 11 aromatic carbocycles. The Morgan fingerprint density at radius 3 is 1.03 bits per heavy atom. The molecule has 2 aromatic heterocycles. The molecule has 0 spiro atoms. The van der Waals surface area contributed by atoms with Crippen LogP contribution in [-0.2, 0) is 12.4 Å². The summed E-state index contributed by atoms with van der Waals surface area (Å²) >= 11 is 0. The fourth-order valence-corrected chi connectivity index (χ4v) is 11.7. The highest BCUT2D eigenvalue weighted by Gasteiger charge is 2.39. The first-order valence-electron chi connectivity index (χ1n) is 26.8. The number of rotatable bonds is 8. The number of hydrogen-bond donors (Lipinski definition) is 0. The summed E-state index contributed by atoms with van der Waals surface area (Å²) < 4.78 is 93.9. The van der Waals surface area contributed by atoms with Crippen LogP contribution in [-0.4, -0.2) is 9.13 Å². The number of fused-ring (bicyclic) bond motifs is 6. The van der Waals surface area contributed by atoms with E-state index in [9.17, 15) is 39.5 Å². The highest BCUT2D eigenvalue weighted by atomic mass is 19.4. The average molecular weight is 1130 g/mol. The molecule has 13 rings (SSSR count). The number of aromatic nitrogens is 2. The van der Waals surface area contributed by atoms with Gasteiger partial charge in [0, 0.05) is 32.8 Å². The van der Waals surface area contributed by atoms with E-state index in [0.29, 0.717) is 61.8 Å². The predicted molar refractivity (Wildman–Crippen MR) is 321 cm³/mol. The fourth-order valence-electron chi connectivity index (χ4n) is 11.7. The second-order valence-corrected chi connectivity index (χ2v) is 20.7. The Balaban J connectivity index is 1.12. The number of nitrogens with zero attached hydrogens (tertiary/aromatic N) is 7. The minimum Gasteiger partial charge on any atom is -0.309 e. The van der Waals surface area contributed by atoms with Crippen LogP contribution < -0.4 is 0 Å². The van der Waals surface area contributed by atoms with Crippen LogP contribution in [0, 0.1) is 56.7 Å². The van der Waals surface area contributed by atoms with Gasteiger partial charge in [-0.2, -0.15) is 52.7 Å². The summed E-state index contributed by atoms with van der Waals surface area (Å²) in [6.45, 7) is 0. The standard InChI is InChI=1S/C73H37F6N7/c74-72(75,76)56-18-20-59(66(36-56)73(77,78)79)58-21-19-57(85-67-23-14-52(48-9-1-5-43(27-48)38-80)32-62(67)63-33-53(15-24-68(63)85)49-10-2-6-44(28-49)39-81)37-60(58)61-31-47(42-84)13-22-69(61)86-70-25-16-54(50-11-3-7-45(29-50)40-82)34-64(70)65-35-55(17-26-71(65)86)51-12-4-8-46(30-51)41-83/h1-37H. The van der Waals surface area contributed by atoms with Gasteiger partial charge in [0.05, 0.1) is 97.0 Å². The third-order valence-electron chi connectivity index (χ3n) is 15.7. The minimum absolute atomic E-state index is 0.0775. The Labute approximate surface area is 487 Å². The molecule has 2 heterocycles. The van der Waals surface area contributed by atoms with Gasteiger partial charge in [-0.25, -0.2) is 0 Å². The van der Waals surface area contributed by atoms with Crippen molar-refractivity contribution in [2.24, 2.45) is 0 Å². The van der Waals surface area contributed by atoms with Gasteiger partial charge in [-0.05, 0) is 201 Å². The van der Waals surface area contributed by atoms with Crippen molar-refractivity contribution in [1.29, 1.82) is 26.3 Å². The topological polar surface area (TPSA) is 129 Å². The van der Waals surface area contributed by atoms with Gasteiger partial charge in [-0.1, -0.05) is 84.9 Å². The second-order valence-electron chi connectivity index (χ2n) is 20.7. The molecule has 0 saturated carbocycles. The van der Waals surface area contributed by atoms with Gasteiger partial charge in [-0.15, -0.1) is 0 Å². The smallest absolute Gasteiger partial charge is 0.309 e. The van der Waals surface area contributed by atoms with Crippen molar-refractivity contribution in [2.45, 2.75) is 12.4 Å². The van der Waals surface area contributed by atoms with Gasteiger partial charge in [0.15, 0.2) is 0 Å². The summed E-state index contributed by atoms with van der Waals surface area (Å²) in [5.74, 6) is 0. The SMILES string of the molecule is N#Cc1cccc(-c2ccc3c(c2)c2cc(-c4cccc(C#N)c4)ccc2n3-c2ccc(-c3ccc(C(F)(F)F)cc3C(F)(F)F)c(-c3cc(C#N)ccc3-n3c4ccc(-c5cccc(C#N)c5)cc4c4cc(-c5cccc(C#N)c5)ccc43)c2)c1. The molecule has 0 radical (unpaired) electrons. The van der Waals surface area contributed by atoms with Gasteiger partial charge in [-0.3, -0.25) is 0 Å². The maximum atomic E-state index is 15.6. The summed E-state index contributed by atoms with van der Waals surface area (Å²) in [5.41, 5.74) is 8.48. The molecule has 0 unspecified atom stereocenters. The van der Waals surface area contributed by atoms with Crippen LogP contribution in [0.5, 0.6) is 0 Å². The molecule has 0 amide bonds. The van der Waals surface area contributed by atoms with Crippen molar-refractivity contribution in [3.05, 3.63) is 263 Å². The van der Waals surface area contributed by atoms with Crippen LogP contribution in [0.4, 0.5) is 26.3 Å². The van der Waals surface area contributed by atoms with E-state index in [1.165, 1.54) is 6.07 Å². The van der Waals surface area contributed by atoms with E-state index in [1.54, 1.807) is 103 Å². The Bertz CT molecular complexity index is 5010. The maximum Gasteiger partial charge on any atom is 0.417 e. The second kappa shape index (κ2) is 20.8. The summed E-state index contributed by atoms with van der Waals surface area (Å²) in [6.07, 6.45) is -10.4. The number of benzene rings is 11. The molecule has 13 heteroatoms. The molecular formula is C73H37F6N7. The molecule has 0 aliphatic heterocycles. The van der Waals surface area contributed by atoms with Crippen LogP contribution in [0.2, 0.25) is 0 Å². The van der Waals surface area contributed by atoms with Crippen LogP contribution in [0.1, 0.15) is 38.9 Å². The van der Waals surface area contributed by atoms with E-state index in [1.807, 2.05) is 106 Å². The van der Waals surface area contributed by atoms with Crippen LogP contribution in [0.15, 0.2) is 224 Å². The van der Waals surface area contributed by atoms with Gasteiger partial charge >= 0.3 is 12.4 Å². The highest BCUT2D eigenvalue weighted by Crippen LogP contribution is 2.48. The Morgan fingerprint density at radius 2 is 0.651 bits per heavy atom. The van der Waals surface area contributed by atoms with Gasteiger partial charge in [0.2, 0.25) is 0 Å². The molecule has 0 aliphatic carbocycles. The summed E-state index contributed by atoms with van der Waals surface area (Å²) in [4.78, 5) is 0. The summed E-state index contributed by atoms with van der Waals surface area (Å²) in [7, 11) is 0. The zero-order valence-corrected chi connectivity index (χ0v) is 44.8. The lowest BCUT2D eigenvalue weighted by Crippen LogP contribution is -2.12. The van der Waals surface area contributed by atoms with Gasteiger partial charge in [0.25, 0.3) is 0 Å². The fraction of sp³-hybridized carbons (Fsp3) is 0.0274. The molecule has 13 aromatic rings.